The molecular formula is C83H92N10O8. The molecule has 7 aromatic carbocycles. The summed E-state index contributed by atoms with van der Waals surface area (Å²) in [5.74, 6) is 5.97. The van der Waals surface area contributed by atoms with E-state index in [2.05, 4.69) is 115 Å². The Labute approximate surface area is 589 Å². The van der Waals surface area contributed by atoms with Crippen LogP contribution in [-0.2, 0) is 7.05 Å². The maximum absolute atomic E-state index is 7.31. The van der Waals surface area contributed by atoms with E-state index in [0.29, 0.717) is 200 Å². The van der Waals surface area contributed by atoms with Gasteiger partial charge >= 0.3 is 0 Å². The van der Waals surface area contributed by atoms with Crippen molar-refractivity contribution >= 4 is 98.3 Å². The summed E-state index contributed by atoms with van der Waals surface area (Å²) in [6.07, 6.45) is 17.2. The minimum atomic E-state index is 0.311. The minimum absolute atomic E-state index is 0.311. The van der Waals surface area contributed by atoms with Gasteiger partial charge in [-0.25, -0.2) is 29.9 Å². The zero-order valence-corrected chi connectivity index (χ0v) is 60.0. The second kappa shape index (κ2) is 30.8. The SMILES string of the molecule is CCCCOc1c2c(c(OCCCC)c3cc4ccccc4cc13)-c1nc-2nc2[nH]c(nc3nc(nc4c5c(OCCCC)c6cccnc6c(OCCCC)c5c(n1)n4C)-c1c-3c(OCCCC)c3cccnc3c1OCCCC)c1c(OCCCC)c3ccccc3c(OCCCC)c21. The number of benzene rings is 7. The number of hydrogen-bond acceptors (Lipinski definition) is 16. The van der Waals surface area contributed by atoms with Crippen LogP contribution in [0.1, 0.15) is 158 Å². The van der Waals surface area contributed by atoms with Crippen molar-refractivity contribution in [2.45, 2.75) is 158 Å². The summed E-state index contributed by atoms with van der Waals surface area (Å²) in [7, 11) is 1.99. The van der Waals surface area contributed by atoms with Gasteiger partial charge in [-0.05, 0) is 98.5 Å². The van der Waals surface area contributed by atoms with E-state index in [0.717, 1.165) is 146 Å². The van der Waals surface area contributed by atoms with Gasteiger partial charge in [0.25, 0.3) is 0 Å². The number of ether oxygens (including phenoxy) is 8. The fourth-order valence-electron chi connectivity index (χ4n) is 13.7. The molecule has 2 aliphatic heterocycles. The summed E-state index contributed by atoms with van der Waals surface area (Å²) in [6.45, 7) is 20.7. The molecule has 0 amide bonds. The third kappa shape index (κ3) is 12.7. The highest BCUT2D eigenvalue weighted by molar-refractivity contribution is 6.23. The van der Waals surface area contributed by atoms with Crippen molar-refractivity contribution in [3.63, 3.8) is 0 Å². The van der Waals surface area contributed by atoms with Crippen LogP contribution < -0.4 is 37.9 Å². The number of nitrogens with zero attached hydrogens (tertiary/aromatic N) is 9. The first-order valence-electron chi connectivity index (χ1n) is 37.1. The van der Waals surface area contributed by atoms with E-state index in [-0.39, 0.29) is 0 Å². The van der Waals surface area contributed by atoms with E-state index >= 15 is 0 Å². The first kappa shape index (κ1) is 68.1. The maximum Gasteiger partial charge on any atom is 0.168 e. The minimum Gasteiger partial charge on any atom is -0.492 e. The smallest absolute Gasteiger partial charge is 0.168 e. The van der Waals surface area contributed by atoms with Crippen molar-refractivity contribution in [2.75, 3.05) is 52.9 Å². The quantitative estimate of drug-likeness (QED) is 0.0308. The second-order valence-electron chi connectivity index (χ2n) is 26.3. The molecule has 0 radical (unpaired) electrons. The van der Waals surface area contributed by atoms with Gasteiger partial charge < -0.3 is 47.4 Å². The molecule has 1 N–H and O–H groups in total. The molecule has 0 spiro atoms. The van der Waals surface area contributed by atoms with Gasteiger partial charge in [-0.1, -0.05) is 155 Å². The molecule has 5 aromatic heterocycles. The predicted octanol–water partition coefficient (Wildman–Crippen LogP) is 20.9. The Kier molecular flexibility index (Phi) is 20.7. The standard InChI is InChI=1S/C83H92N10O8/c1-10-18-40-94-68-52-34-28-29-35-53(52)69(95-41-19-11-2)59-58(68)76-86-77(59)88-79-62-63(74(100-46-24-16-7)66-54(36-30-38-84-66)70(62)96-42-20-12-3)81(90-79)92-82-64-65(75(101-47-25-17-8)67-55(37-31-39-85-67)71(64)97-43-21-13-4)83(93(82)9)91-80-61-60(78(87-76)89-80)72(98-44-22-14-5)56-48-50-32-26-27-33-51(50)49-57(56)73(61)99-45-23-15-6/h26-39,48-49H,10-25,40-47H2,1-9H3,(H,86,87,88,89,90,91,92). The highest BCUT2D eigenvalue weighted by atomic mass is 16.5. The molecule has 18 nitrogen and oxygen atoms in total. The van der Waals surface area contributed by atoms with Crippen molar-refractivity contribution in [3.05, 3.63) is 97.3 Å². The lowest BCUT2D eigenvalue weighted by Crippen LogP contribution is -2.04. The Balaban J connectivity index is 1.28. The lowest BCUT2D eigenvalue weighted by Gasteiger charge is -2.19. The Morgan fingerprint density at radius 2 is 0.614 bits per heavy atom. The van der Waals surface area contributed by atoms with E-state index in [9.17, 15) is 0 Å². The van der Waals surface area contributed by atoms with Crippen molar-refractivity contribution in [1.29, 1.82) is 0 Å². The number of aromatic amines is 1. The van der Waals surface area contributed by atoms with Crippen molar-refractivity contribution in [1.82, 2.24) is 49.4 Å². The van der Waals surface area contributed by atoms with E-state index < -0.39 is 0 Å². The molecule has 14 rings (SSSR count). The molecule has 0 fully saturated rings. The zero-order chi connectivity index (χ0) is 69.5. The highest BCUT2D eigenvalue weighted by Gasteiger charge is 2.37. The fourth-order valence-corrected chi connectivity index (χ4v) is 13.7. The lowest BCUT2D eigenvalue weighted by atomic mass is 9.95. The number of H-pyrrole nitrogens is 1. The Morgan fingerprint density at radius 3 is 1.03 bits per heavy atom. The molecule has 12 aromatic rings. The number of rotatable bonds is 32. The van der Waals surface area contributed by atoms with Gasteiger partial charge in [-0.3, -0.25) is 9.97 Å². The summed E-state index contributed by atoms with van der Waals surface area (Å²) >= 11 is 0. The van der Waals surface area contributed by atoms with E-state index in [1.807, 2.05) is 41.9 Å². The van der Waals surface area contributed by atoms with Crippen LogP contribution in [0.4, 0.5) is 0 Å². The number of aromatic nitrogens is 10. The van der Waals surface area contributed by atoms with Gasteiger partial charge in [0.2, 0.25) is 0 Å². The van der Waals surface area contributed by atoms with Gasteiger partial charge in [0, 0.05) is 51.8 Å². The number of fused-ring (bicyclic) bond motifs is 25. The maximum atomic E-state index is 7.31. The first-order valence-corrected chi connectivity index (χ1v) is 37.1. The average molecular weight is 1360 g/mol. The molecule has 7 heterocycles. The Hall–Kier alpha value is -10.1. The average Bonchev–Trinajstić information content (AvgIpc) is 1.61. The summed E-state index contributed by atoms with van der Waals surface area (Å²) in [5, 5.41) is 9.64. The summed E-state index contributed by atoms with van der Waals surface area (Å²) in [5.41, 5.74) is 5.46. The Bertz CT molecular complexity index is 5260. The number of nitrogens with one attached hydrogen (secondary N) is 1. The Morgan fingerprint density at radius 1 is 0.307 bits per heavy atom. The van der Waals surface area contributed by atoms with Gasteiger partial charge in [0.15, 0.2) is 34.8 Å². The molecule has 522 valence electrons. The second-order valence-corrected chi connectivity index (χ2v) is 26.3. The van der Waals surface area contributed by atoms with Gasteiger partial charge in [-0.15, -0.1) is 0 Å². The van der Waals surface area contributed by atoms with Gasteiger partial charge in [0.05, 0.1) is 96.7 Å². The normalized spacial score (nSPS) is 12.0. The summed E-state index contributed by atoms with van der Waals surface area (Å²) in [4.78, 5) is 49.4. The number of unbranched alkanes of at least 4 members (excludes halogenated alkanes) is 8. The molecular weight excluding hydrogens is 1260 g/mol. The predicted molar refractivity (Wildman–Crippen MR) is 407 cm³/mol. The number of pyridine rings is 2. The first-order chi connectivity index (χ1) is 49.8. The van der Waals surface area contributed by atoms with Crippen molar-refractivity contribution in [2.24, 2.45) is 7.05 Å². The van der Waals surface area contributed by atoms with Crippen LogP contribution >= 0.6 is 0 Å². The molecule has 2 aliphatic rings. The molecule has 8 bridgehead atoms. The largest absolute Gasteiger partial charge is 0.492 e. The third-order valence-corrected chi connectivity index (χ3v) is 19.1. The molecule has 18 heteroatoms. The van der Waals surface area contributed by atoms with Crippen LogP contribution in [0.5, 0.6) is 46.0 Å². The topological polar surface area (TPSA) is 198 Å². The third-order valence-electron chi connectivity index (χ3n) is 19.1. The van der Waals surface area contributed by atoms with E-state index in [1.54, 1.807) is 12.4 Å². The highest BCUT2D eigenvalue weighted by Crippen LogP contribution is 2.56. The van der Waals surface area contributed by atoms with Crippen LogP contribution in [0.2, 0.25) is 0 Å². The van der Waals surface area contributed by atoms with Crippen LogP contribution in [0.15, 0.2) is 97.3 Å². The van der Waals surface area contributed by atoms with Crippen LogP contribution in [-0.4, -0.2) is 102 Å². The monoisotopic (exact) mass is 1360 g/mol. The van der Waals surface area contributed by atoms with E-state index in [1.165, 1.54) is 0 Å². The van der Waals surface area contributed by atoms with Crippen LogP contribution in [0, 0.1) is 0 Å². The fraction of sp³-hybridized carbons (Fsp3) is 0.398. The zero-order valence-electron chi connectivity index (χ0n) is 60.0. The van der Waals surface area contributed by atoms with Gasteiger partial charge in [0.1, 0.15) is 68.1 Å². The lowest BCUT2D eigenvalue weighted by molar-refractivity contribution is 0.308. The number of hydrogen-bond donors (Lipinski definition) is 1. The van der Waals surface area contributed by atoms with Crippen molar-refractivity contribution in [3.8, 4) is 91.5 Å². The number of aryl methyl sites for hydroxylation is 1. The molecule has 0 saturated heterocycles. The van der Waals surface area contributed by atoms with Gasteiger partial charge in [-0.2, -0.15) is 0 Å². The van der Waals surface area contributed by atoms with Crippen LogP contribution in [0.25, 0.3) is 144 Å². The van der Waals surface area contributed by atoms with E-state index in [4.69, 9.17) is 77.8 Å². The summed E-state index contributed by atoms with van der Waals surface area (Å²) in [6, 6.07) is 29.1. The molecule has 0 atom stereocenters. The molecule has 0 saturated carbocycles. The molecule has 0 unspecified atom stereocenters. The summed E-state index contributed by atoms with van der Waals surface area (Å²) < 4.78 is 59.7. The molecule has 101 heavy (non-hydrogen) atoms. The van der Waals surface area contributed by atoms with Crippen LogP contribution in [0.3, 0.4) is 0 Å². The van der Waals surface area contributed by atoms with Crippen molar-refractivity contribution < 1.29 is 37.9 Å². The molecule has 0 aliphatic carbocycles.